The predicted octanol–water partition coefficient (Wildman–Crippen LogP) is 2.35. The van der Waals surface area contributed by atoms with E-state index in [0.717, 1.165) is 57.4 Å². The maximum absolute atomic E-state index is 11.9. The minimum absolute atomic E-state index is 0.290. The molecule has 0 spiro atoms. The van der Waals surface area contributed by atoms with E-state index >= 15 is 0 Å². The normalized spacial score (nSPS) is 30.9. The quantitative estimate of drug-likeness (QED) is 0.770. The Hall–Kier alpha value is -0.410. The first-order chi connectivity index (χ1) is 8.65. The fraction of sp³-hybridized carbons (Fsp3) is 0.933. The summed E-state index contributed by atoms with van der Waals surface area (Å²) in [5, 5.41) is 0. The van der Waals surface area contributed by atoms with Gasteiger partial charge in [0.1, 0.15) is 5.78 Å². The van der Waals surface area contributed by atoms with Gasteiger partial charge in [0.05, 0.1) is 0 Å². The van der Waals surface area contributed by atoms with Gasteiger partial charge < -0.3 is 9.64 Å². The van der Waals surface area contributed by atoms with Gasteiger partial charge >= 0.3 is 0 Å². The summed E-state index contributed by atoms with van der Waals surface area (Å²) in [7, 11) is 2.17. The maximum atomic E-state index is 11.9. The molecule has 0 aromatic carbocycles. The molecule has 2 rings (SSSR count). The third-order valence-electron chi connectivity index (χ3n) is 4.47. The van der Waals surface area contributed by atoms with Crippen molar-refractivity contribution in [2.24, 2.45) is 17.8 Å². The van der Waals surface area contributed by atoms with Crippen molar-refractivity contribution < 1.29 is 9.53 Å². The van der Waals surface area contributed by atoms with E-state index in [4.69, 9.17) is 4.74 Å². The van der Waals surface area contributed by atoms with Crippen LogP contribution in [0.1, 0.15) is 39.0 Å². The number of Topliss-reactive ketones (excluding diaryl/α,β-unsaturated/α-hetero) is 1. The number of ketones is 1. The molecule has 2 atom stereocenters. The second-order valence-electron chi connectivity index (χ2n) is 6.32. The van der Waals surface area contributed by atoms with E-state index in [1.54, 1.807) is 0 Å². The molecule has 1 aliphatic carbocycles. The van der Waals surface area contributed by atoms with Gasteiger partial charge in [-0.1, -0.05) is 6.92 Å². The molecule has 0 amide bonds. The Morgan fingerprint density at radius 3 is 2.67 bits per heavy atom. The van der Waals surface area contributed by atoms with E-state index in [0.29, 0.717) is 11.7 Å². The van der Waals surface area contributed by atoms with Crippen LogP contribution in [0.25, 0.3) is 0 Å². The van der Waals surface area contributed by atoms with Crippen LogP contribution in [0.5, 0.6) is 0 Å². The third kappa shape index (κ3) is 4.06. The summed E-state index contributed by atoms with van der Waals surface area (Å²) in [4.78, 5) is 14.3. The number of hydrogen-bond acceptors (Lipinski definition) is 3. The Bertz CT molecular complexity index is 274. The molecule has 0 aromatic rings. The number of ether oxygens (including phenoxy) is 1. The average Bonchev–Trinajstić information content (AvgIpc) is 2.35. The standard InChI is InChI=1S/C15H27NO2/c1-12-3-4-15(17)14(9-12)11-16(2)10-13-5-7-18-8-6-13/h12-14H,3-11H2,1-2H3. The lowest BCUT2D eigenvalue weighted by Gasteiger charge is -2.32. The van der Waals surface area contributed by atoms with Crippen LogP contribution in [-0.4, -0.2) is 44.0 Å². The van der Waals surface area contributed by atoms with E-state index < -0.39 is 0 Å². The number of rotatable bonds is 4. The van der Waals surface area contributed by atoms with Crippen LogP contribution in [0, 0.1) is 17.8 Å². The highest BCUT2D eigenvalue weighted by molar-refractivity contribution is 5.81. The van der Waals surface area contributed by atoms with Crippen LogP contribution >= 0.6 is 0 Å². The average molecular weight is 253 g/mol. The molecular formula is C15H27NO2. The van der Waals surface area contributed by atoms with E-state index in [-0.39, 0.29) is 0 Å². The van der Waals surface area contributed by atoms with Gasteiger partial charge in [0, 0.05) is 38.6 Å². The third-order valence-corrected chi connectivity index (χ3v) is 4.47. The van der Waals surface area contributed by atoms with Crippen LogP contribution in [0.4, 0.5) is 0 Å². The molecule has 1 saturated carbocycles. The number of hydrogen-bond donors (Lipinski definition) is 0. The fourth-order valence-corrected chi connectivity index (χ4v) is 3.32. The number of nitrogens with zero attached hydrogens (tertiary/aromatic N) is 1. The van der Waals surface area contributed by atoms with Crippen molar-refractivity contribution >= 4 is 5.78 Å². The number of carbonyl (C=O) groups excluding carboxylic acids is 1. The van der Waals surface area contributed by atoms with Gasteiger partial charge in [-0.05, 0) is 44.6 Å². The summed E-state index contributed by atoms with van der Waals surface area (Å²) in [5.74, 6) is 2.27. The Balaban J connectivity index is 1.75. The van der Waals surface area contributed by atoms with Crippen molar-refractivity contribution in [3.05, 3.63) is 0 Å². The van der Waals surface area contributed by atoms with E-state index in [1.807, 2.05) is 0 Å². The van der Waals surface area contributed by atoms with Gasteiger partial charge in [-0.25, -0.2) is 0 Å². The second-order valence-corrected chi connectivity index (χ2v) is 6.32. The van der Waals surface area contributed by atoms with Crippen LogP contribution in [0.3, 0.4) is 0 Å². The van der Waals surface area contributed by atoms with Crippen molar-refractivity contribution in [2.75, 3.05) is 33.4 Å². The lowest BCUT2D eigenvalue weighted by atomic mass is 9.81. The Morgan fingerprint density at radius 1 is 1.22 bits per heavy atom. The lowest BCUT2D eigenvalue weighted by molar-refractivity contribution is -0.126. The van der Waals surface area contributed by atoms with E-state index in [1.165, 1.54) is 12.8 Å². The van der Waals surface area contributed by atoms with Gasteiger partial charge in [0.2, 0.25) is 0 Å². The van der Waals surface area contributed by atoms with Crippen LogP contribution < -0.4 is 0 Å². The van der Waals surface area contributed by atoms with Gasteiger partial charge in [-0.2, -0.15) is 0 Å². The van der Waals surface area contributed by atoms with E-state index in [2.05, 4.69) is 18.9 Å². The topological polar surface area (TPSA) is 29.5 Å². The van der Waals surface area contributed by atoms with Crippen molar-refractivity contribution in [1.29, 1.82) is 0 Å². The van der Waals surface area contributed by atoms with Gasteiger partial charge in [-0.3, -0.25) is 4.79 Å². The highest BCUT2D eigenvalue weighted by atomic mass is 16.5. The first kappa shape index (κ1) is 14.0. The van der Waals surface area contributed by atoms with Crippen LogP contribution in [-0.2, 0) is 9.53 Å². The van der Waals surface area contributed by atoms with Crippen LogP contribution in [0.15, 0.2) is 0 Å². The molecule has 1 saturated heterocycles. The summed E-state index contributed by atoms with van der Waals surface area (Å²) in [6.45, 7) is 6.19. The molecule has 3 heteroatoms. The van der Waals surface area contributed by atoms with E-state index in [9.17, 15) is 4.79 Å². The molecule has 1 aliphatic heterocycles. The van der Waals surface area contributed by atoms with Crippen LogP contribution in [0.2, 0.25) is 0 Å². The molecule has 0 N–H and O–H groups in total. The molecule has 104 valence electrons. The summed E-state index contributed by atoms with van der Waals surface area (Å²) in [6.07, 6.45) is 5.35. The van der Waals surface area contributed by atoms with Crippen molar-refractivity contribution in [3.63, 3.8) is 0 Å². The first-order valence-corrected chi connectivity index (χ1v) is 7.44. The number of carbonyl (C=O) groups is 1. The Morgan fingerprint density at radius 2 is 1.94 bits per heavy atom. The summed E-state index contributed by atoms with van der Waals surface area (Å²) < 4.78 is 5.39. The summed E-state index contributed by atoms with van der Waals surface area (Å²) >= 11 is 0. The Labute approximate surface area is 111 Å². The van der Waals surface area contributed by atoms with Gasteiger partial charge in [0.25, 0.3) is 0 Å². The summed E-state index contributed by atoms with van der Waals surface area (Å²) in [6, 6.07) is 0. The highest BCUT2D eigenvalue weighted by Crippen LogP contribution is 2.27. The van der Waals surface area contributed by atoms with Crippen molar-refractivity contribution in [3.8, 4) is 0 Å². The first-order valence-electron chi connectivity index (χ1n) is 7.44. The Kier molecular flexibility index (Phi) is 5.19. The van der Waals surface area contributed by atoms with Crippen molar-refractivity contribution in [2.45, 2.75) is 39.0 Å². The van der Waals surface area contributed by atoms with Gasteiger partial charge in [0.15, 0.2) is 0 Å². The lowest BCUT2D eigenvalue weighted by Crippen LogP contribution is -2.37. The molecule has 2 fully saturated rings. The molecule has 0 aromatic heterocycles. The monoisotopic (exact) mass is 253 g/mol. The SMILES string of the molecule is CC1CCC(=O)C(CN(C)CC2CCOCC2)C1. The zero-order valence-electron chi connectivity index (χ0n) is 11.9. The maximum Gasteiger partial charge on any atom is 0.137 e. The smallest absolute Gasteiger partial charge is 0.137 e. The highest BCUT2D eigenvalue weighted by Gasteiger charge is 2.28. The summed E-state index contributed by atoms with van der Waals surface area (Å²) in [5.41, 5.74) is 0. The predicted molar refractivity (Wildman–Crippen MR) is 72.6 cm³/mol. The minimum Gasteiger partial charge on any atom is -0.381 e. The molecule has 3 nitrogen and oxygen atoms in total. The zero-order valence-corrected chi connectivity index (χ0v) is 11.9. The zero-order chi connectivity index (χ0) is 13.0. The molecule has 18 heavy (non-hydrogen) atoms. The molecule has 2 unspecified atom stereocenters. The van der Waals surface area contributed by atoms with Gasteiger partial charge in [-0.15, -0.1) is 0 Å². The second kappa shape index (κ2) is 6.67. The molecular weight excluding hydrogens is 226 g/mol. The molecule has 1 heterocycles. The molecule has 2 aliphatic rings. The largest absolute Gasteiger partial charge is 0.381 e. The molecule has 0 radical (unpaired) electrons. The minimum atomic E-state index is 0.290. The van der Waals surface area contributed by atoms with Crippen molar-refractivity contribution in [1.82, 2.24) is 4.90 Å². The fourth-order valence-electron chi connectivity index (χ4n) is 3.32. The molecule has 0 bridgehead atoms.